The molecule has 0 aliphatic heterocycles. The van der Waals surface area contributed by atoms with Crippen molar-refractivity contribution in [1.29, 1.82) is 0 Å². The number of hydrogen-bond acceptors (Lipinski definition) is 2. The van der Waals surface area contributed by atoms with Gasteiger partial charge in [0.25, 0.3) is 0 Å². The first-order valence-corrected chi connectivity index (χ1v) is 7.79. The summed E-state index contributed by atoms with van der Waals surface area (Å²) in [5.41, 5.74) is -0.174. The van der Waals surface area contributed by atoms with E-state index in [1.165, 1.54) is 19.3 Å². The first-order valence-electron chi connectivity index (χ1n) is 7.79. The van der Waals surface area contributed by atoms with E-state index in [4.69, 9.17) is 0 Å². The first-order chi connectivity index (χ1) is 8.50. The number of aliphatic hydroxyl groups excluding tert-OH is 2. The zero-order chi connectivity index (χ0) is 13.6. The highest BCUT2D eigenvalue weighted by Gasteiger charge is 2.41. The van der Waals surface area contributed by atoms with Crippen molar-refractivity contribution < 1.29 is 10.2 Å². The summed E-state index contributed by atoms with van der Waals surface area (Å²) in [5, 5.41) is 19.6. The first kappa shape index (κ1) is 16.0. The largest absolute Gasteiger partial charge is 0.396 e. The Balaban J connectivity index is 2.26. The van der Waals surface area contributed by atoms with Crippen LogP contribution in [0.25, 0.3) is 0 Å². The molecule has 0 aromatic heterocycles. The van der Waals surface area contributed by atoms with Crippen LogP contribution in [0.2, 0.25) is 0 Å². The molecule has 1 rings (SSSR count). The molecule has 0 radical (unpaired) electrons. The van der Waals surface area contributed by atoms with Gasteiger partial charge in [0, 0.05) is 5.41 Å². The van der Waals surface area contributed by atoms with Crippen LogP contribution < -0.4 is 0 Å². The molecule has 0 saturated heterocycles. The van der Waals surface area contributed by atoms with Crippen molar-refractivity contribution in [1.82, 2.24) is 0 Å². The molecule has 1 saturated carbocycles. The fraction of sp³-hybridized carbons (Fsp3) is 1.00. The minimum atomic E-state index is -0.273. The number of aliphatic hydroxyl groups is 2. The molecule has 0 bridgehead atoms. The molecule has 1 aliphatic carbocycles. The second-order valence-electron chi connectivity index (χ2n) is 6.90. The maximum atomic E-state index is 10.0. The lowest BCUT2D eigenvalue weighted by atomic mass is 9.78. The van der Waals surface area contributed by atoms with Gasteiger partial charge >= 0.3 is 0 Å². The van der Waals surface area contributed by atoms with Gasteiger partial charge in [0.15, 0.2) is 0 Å². The average Bonchev–Trinajstić information content (AvgIpc) is 2.68. The van der Waals surface area contributed by atoms with Crippen molar-refractivity contribution in [3.8, 4) is 0 Å². The predicted octanol–water partition coefficient (Wildman–Crippen LogP) is 3.75. The minimum Gasteiger partial charge on any atom is -0.396 e. The monoisotopic (exact) mass is 256 g/mol. The lowest BCUT2D eigenvalue weighted by molar-refractivity contribution is -0.00357. The summed E-state index contributed by atoms with van der Waals surface area (Å²) in [4.78, 5) is 0. The van der Waals surface area contributed by atoms with Gasteiger partial charge in [0.05, 0.1) is 12.7 Å². The topological polar surface area (TPSA) is 40.5 Å². The Bertz CT molecular complexity index is 227. The predicted molar refractivity (Wildman–Crippen MR) is 76.5 cm³/mol. The van der Waals surface area contributed by atoms with Crippen molar-refractivity contribution in [3.63, 3.8) is 0 Å². The van der Waals surface area contributed by atoms with Gasteiger partial charge in [-0.3, -0.25) is 0 Å². The SMILES string of the molecule is CC(C)CCCC(C)CCC1(CO)CCCC1O. The van der Waals surface area contributed by atoms with Gasteiger partial charge in [-0.25, -0.2) is 0 Å². The normalized spacial score (nSPS) is 30.0. The lowest BCUT2D eigenvalue weighted by Gasteiger charge is -2.31. The van der Waals surface area contributed by atoms with Crippen LogP contribution >= 0.6 is 0 Å². The molecule has 2 nitrogen and oxygen atoms in total. The molecule has 0 amide bonds. The minimum absolute atomic E-state index is 0.160. The number of rotatable bonds is 8. The maximum absolute atomic E-state index is 10.0. The lowest BCUT2D eigenvalue weighted by Crippen LogP contribution is -2.34. The molecular weight excluding hydrogens is 224 g/mol. The molecule has 1 fully saturated rings. The fourth-order valence-electron chi connectivity index (χ4n) is 3.23. The van der Waals surface area contributed by atoms with Crippen molar-refractivity contribution in [2.24, 2.45) is 17.3 Å². The maximum Gasteiger partial charge on any atom is 0.0618 e. The number of hydrogen-bond donors (Lipinski definition) is 2. The third-order valence-electron chi connectivity index (χ3n) is 4.79. The van der Waals surface area contributed by atoms with Crippen molar-refractivity contribution >= 4 is 0 Å². The van der Waals surface area contributed by atoms with Crippen molar-refractivity contribution in [3.05, 3.63) is 0 Å². The third-order valence-corrected chi connectivity index (χ3v) is 4.79. The Morgan fingerprint density at radius 1 is 1.17 bits per heavy atom. The van der Waals surface area contributed by atoms with E-state index in [2.05, 4.69) is 20.8 Å². The smallest absolute Gasteiger partial charge is 0.0618 e. The van der Waals surface area contributed by atoms with Crippen molar-refractivity contribution in [2.75, 3.05) is 6.61 Å². The standard InChI is InChI=1S/C16H32O2/c1-13(2)6-4-7-14(3)9-11-16(12-17)10-5-8-15(16)18/h13-15,17-18H,4-12H2,1-3H3. The van der Waals surface area contributed by atoms with E-state index >= 15 is 0 Å². The molecule has 3 atom stereocenters. The molecule has 2 heteroatoms. The summed E-state index contributed by atoms with van der Waals surface area (Å²) in [6, 6.07) is 0. The molecule has 1 aliphatic rings. The van der Waals surface area contributed by atoms with Gasteiger partial charge in [-0.15, -0.1) is 0 Å². The molecule has 0 heterocycles. The second kappa shape index (κ2) is 7.49. The Hall–Kier alpha value is -0.0800. The highest BCUT2D eigenvalue weighted by molar-refractivity contribution is 4.91. The Kier molecular flexibility index (Phi) is 6.65. The van der Waals surface area contributed by atoms with Crippen LogP contribution in [0.15, 0.2) is 0 Å². The zero-order valence-electron chi connectivity index (χ0n) is 12.5. The summed E-state index contributed by atoms with van der Waals surface area (Å²) in [6.45, 7) is 7.03. The van der Waals surface area contributed by atoms with E-state index in [0.29, 0.717) is 0 Å². The van der Waals surface area contributed by atoms with Gasteiger partial charge in [-0.2, -0.15) is 0 Å². The average molecular weight is 256 g/mol. The van der Waals surface area contributed by atoms with Gasteiger partial charge in [-0.05, 0) is 31.1 Å². The van der Waals surface area contributed by atoms with Gasteiger partial charge < -0.3 is 10.2 Å². The highest BCUT2D eigenvalue weighted by atomic mass is 16.3. The van der Waals surface area contributed by atoms with E-state index < -0.39 is 0 Å². The molecule has 0 aromatic carbocycles. The van der Waals surface area contributed by atoms with E-state index in [1.54, 1.807) is 0 Å². The van der Waals surface area contributed by atoms with Crippen LogP contribution in [0.1, 0.15) is 72.1 Å². The van der Waals surface area contributed by atoms with Gasteiger partial charge in [0.2, 0.25) is 0 Å². The Labute approximate surface area is 113 Å². The van der Waals surface area contributed by atoms with E-state index in [9.17, 15) is 10.2 Å². The molecule has 18 heavy (non-hydrogen) atoms. The van der Waals surface area contributed by atoms with Crippen LogP contribution in [0.3, 0.4) is 0 Å². The van der Waals surface area contributed by atoms with E-state index in [-0.39, 0.29) is 18.1 Å². The van der Waals surface area contributed by atoms with Crippen LogP contribution in [0.4, 0.5) is 0 Å². The fourth-order valence-corrected chi connectivity index (χ4v) is 3.23. The Morgan fingerprint density at radius 3 is 2.39 bits per heavy atom. The summed E-state index contributed by atoms with van der Waals surface area (Å²) in [5.74, 6) is 1.53. The van der Waals surface area contributed by atoms with Crippen LogP contribution in [0.5, 0.6) is 0 Å². The van der Waals surface area contributed by atoms with Gasteiger partial charge in [0.1, 0.15) is 0 Å². The highest BCUT2D eigenvalue weighted by Crippen LogP contribution is 2.42. The quantitative estimate of drug-likeness (QED) is 0.694. The molecule has 0 aromatic rings. The molecular formula is C16H32O2. The summed E-state index contributed by atoms with van der Waals surface area (Å²) in [6.07, 6.45) is 8.74. The zero-order valence-corrected chi connectivity index (χ0v) is 12.5. The van der Waals surface area contributed by atoms with Crippen LogP contribution in [-0.2, 0) is 0 Å². The van der Waals surface area contributed by atoms with E-state index in [0.717, 1.165) is 43.9 Å². The summed E-state index contributed by atoms with van der Waals surface area (Å²) >= 11 is 0. The van der Waals surface area contributed by atoms with Crippen LogP contribution in [0, 0.1) is 17.3 Å². The van der Waals surface area contributed by atoms with Crippen LogP contribution in [-0.4, -0.2) is 22.9 Å². The summed E-state index contributed by atoms with van der Waals surface area (Å²) in [7, 11) is 0. The molecule has 108 valence electrons. The van der Waals surface area contributed by atoms with E-state index in [1.807, 2.05) is 0 Å². The van der Waals surface area contributed by atoms with Gasteiger partial charge in [-0.1, -0.05) is 52.9 Å². The molecule has 2 N–H and O–H groups in total. The molecule has 0 spiro atoms. The molecule has 3 unspecified atom stereocenters. The van der Waals surface area contributed by atoms with Crippen molar-refractivity contribution in [2.45, 2.75) is 78.2 Å². The summed E-state index contributed by atoms with van der Waals surface area (Å²) < 4.78 is 0. The third kappa shape index (κ3) is 4.55. The second-order valence-corrected chi connectivity index (χ2v) is 6.90. The Morgan fingerprint density at radius 2 is 1.89 bits per heavy atom.